The van der Waals surface area contributed by atoms with Crippen LogP contribution in [0.4, 0.5) is 0 Å². The lowest BCUT2D eigenvalue weighted by molar-refractivity contribution is -0.101. The highest BCUT2D eigenvalue weighted by Crippen LogP contribution is 2.37. The third-order valence-electron chi connectivity index (χ3n) is 3.33. The molecule has 1 fully saturated rings. The SMILES string of the molecule is CCC1(CO)CCC(n2ccc(=O)[nH]c2=O)O1.CCO. The summed E-state index contributed by atoms with van der Waals surface area (Å²) in [5.74, 6) is 0. The van der Waals surface area contributed by atoms with Crippen molar-refractivity contribution in [2.75, 3.05) is 13.2 Å². The normalized spacial score (nSPS) is 25.1. The number of hydrogen-bond acceptors (Lipinski definition) is 5. The number of aliphatic hydroxyl groups excluding tert-OH is 2. The number of aliphatic hydroxyl groups is 2. The van der Waals surface area contributed by atoms with Crippen LogP contribution < -0.4 is 11.2 Å². The van der Waals surface area contributed by atoms with Gasteiger partial charge < -0.3 is 14.9 Å². The molecule has 1 aliphatic heterocycles. The molecule has 3 N–H and O–H groups in total. The van der Waals surface area contributed by atoms with Gasteiger partial charge in [-0.2, -0.15) is 0 Å². The highest BCUT2D eigenvalue weighted by molar-refractivity contribution is 4.90. The van der Waals surface area contributed by atoms with Crippen molar-refractivity contribution in [3.8, 4) is 0 Å². The Kier molecular flexibility index (Phi) is 6.12. The van der Waals surface area contributed by atoms with Crippen LogP contribution in [0.15, 0.2) is 21.9 Å². The largest absolute Gasteiger partial charge is 0.397 e. The first-order valence-electron chi connectivity index (χ1n) is 6.73. The van der Waals surface area contributed by atoms with Gasteiger partial charge in [0.25, 0.3) is 5.56 Å². The second-order valence-corrected chi connectivity index (χ2v) is 4.64. The second-order valence-electron chi connectivity index (χ2n) is 4.64. The highest BCUT2D eigenvalue weighted by Gasteiger charge is 2.39. The van der Waals surface area contributed by atoms with Gasteiger partial charge in [-0.15, -0.1) is 0 Å². The number of aromatic nitrogens is 2. The fourth-order valence-corrected chi connectivity index (χ4v) is 2.13. The average Bonchev–Trinajstić information content (AvgIpc) is 2.84. The van der Waals surface area contributed by atoms with E-state index in [1.54, 1.807) is 6.92 Å². The van der Waals surface area contributed by atoms with E-state index in [0.29, 0.717) is 19.3 Å². The third kappa shape index (κ3) is 3.78. The number of hydrogen-bond donors (Lipinski definition) is 3. The van der Waals surface area contributed by atoms with Crippen LogP contribution in [-0.4, -0.2) is 38.6 Å². The van der Waals surface area contributed by atoms with Crippen molar-refractivity contribution in [3.05, 3.63) is 33.1 Å². The Hall–Kier alpha value is -1.44. The molecule has 0 bridgehead atoms. The molecule has 0 aliphatic carbocycles. The lowest BCUT2D eigenvalue weighted by atomic mass is 9.98. The zero-order valence-electron chi connectivity index (χ0n) is 11.8. The quantitative estimate of drug-likeness (QED) is 0.724. The molecule has 0 radical (unpaired) electrons. The first-order valence-corrected chi connectivity index (χ1v) is 6.73. The van der Waals surface area contributed by atoms with Crippen LogP contribution >= 0.6 is 0 Å². The molecular weight excluding hydrogens is 264 g/mol. The van der Waals surface area contributed by atoms with Crippen LogP contribution in [0.3, 0.4) is 0 Å². The van der Waals surface area contributed by atoms with Gasteiger partial charge in [-0.3, -0.25) is 14.3 Å². The summed E-state index contributed by atoms with van der Waals surface area (Å²) in [6.45, 7) is 3.81. The van der Waals surface area contributed by atoms with Crippen molar-refractivity contribution >= 4 is 0 Å². The molecule has 7 nitrogen and oxygen atoms in total. The van der Waals surface area contributed by atoms with Crippen LogP contribution in [0.25, 0.3) is 0 Å². The molecule has 0 spiro atoms. The lowest BCUT2D eigenvalue weighted by Crippen LogP contribution is -2.35. The highest BCUT2D eigenvalue weighted by atomic mass is 16.5. The van der Waals surface area contributed by atoms with Gasteiger partial charge in [0.2, 0.25) is 0 Å². The third-order valence-corrected chi connectivity index (χ3v) is 3.33. The van der Waals surface area contributed by atoms with Crippen molar-refractivity contribution in [2.45, 2.75) is 44.9 Å². The molecule has 2 rings (SSSR count). The molecule has 2 atom stereocenters. The van der Waals surface area contributed by atoms with Crippen molar-refractivity contribution in [2.24, 2.45) is 0 Å². The zero-order valence-corrected chi connectivity index (χ0v) is 11.8. The second kappa shape index (κ2) is 7.37. The molecule has 7 heteroatoms. The number of ether oxygens (including phenoxy) is 1. The van der Waals surface area contributed by atoms with E-state index < -0.39 is 23.1 Å². The van der Waals surface area contributed by atoms with Crippen LogP contribution in [0.1, 0.15) is 39.3 Å². The maximum Gasteiger partial charge on any atom is 0.330 e. The Balaban J connectivity index is 0.000000612. The molecule has 1 saturated heterocycles. The number of nitrogens with zero attached hydrogens (tertiary/aromatic N) is 1. The Labute approximate surface area is 116 Å². The predicted molar refractivity (Wildman–Crippen MR) is 73.5 cm³/mol. The first kappa shape index (κ1) is 16.6. The molecule has 0 saturated carbocycles. The van der Waals surface area contributed by atoms with E-state index in [1.165, 1.54) is 16.8 Å². The summed E-state index contributed by atoms with van der Waals surface area (Å²) < 4.78 is 7.10. The summed E-state index contributed by atoms with van der Waals surface area (Å²) in [6.07, 6.45) is 3.07. The molecule has 2 heterocycles. The summed E-state index contributed by atoms with van der Waals surface area (Å²) in [5, 5.41) is 16.9. The molecule has 2 unspecified atom stereocenters. The summed E-state index contributed by atoms with van der Waals surface area (Å²) >= 11 is 0. The Morgan fingerprint density at radius 2 is 2.10 bits per heavy atom. The number of nitrogens with one attached hydrogen (secondary N) is 1. The Morgan fingerprint density at radius 3 is 2.55 bits per heavy atom. The maximum absolute atomic E-state index is 11.6. The van der Waals surface area contributed by atoms with E-state index in [-0.39, 0.29) is 13.2 Å². The molecule has 114 valence electrons. The molecule has 1 aliphatic rings. The minimum Gasteiger partial charge on any atom is -0.397 e. The molecule has 1 aromatic heterocycles. The minimum atomic E-state index is -0.555. The predicted octanol–water partition coefficient (Wildman–Crippen LogP) is -0.0147. The van der Waals surface area contributed by atoms with E-state index in [2.05, 4.69) is 4.98 Å². The molecule has 0 aromatic carbocycles. The van der Waals surface area contributed by atoms with Crippen LogP contribution in [0, 0.1) is 0 Å². The summed E-state index contributed by atoms with van der Waals surface area (Å²) in [7, 11) is 0. The van der Waals surface area contributed by atoms with Gasteiger partial charge >= 0.3 is 5.69 Å². The Bertz CT molecular complexity index is 518. The summed E-state index contributed by atoms with van der Waals surface area (Å²) in [5.41, 5.74) is -1.46. The first-order chi connectivity index (χ1) is 9.51. The molecule has 1 aromatic rings. The number of H-pyrrole nitrogens is 1. The van der Waals surface area contributed by atoms with Gasteiger partial charge in [-0.25, -0.2) is 4.79 Å². The summed E-state index contributed by atoms with van der Waals surface area (Å²) in [6, 6.07) is 1.29. The van der Waals surface area contributed by atoms with Crippen molar-refractivity contribution in [1.82, 2.24) is 9.55 Å². The number of rotatable bonds is 3. The molecule has 20 heavy (non-hydrogen) atoms. The van der Waals surface area contributed by atoms with Crippen LogP contribution in [-0.2, 0) is 4.74 Å². The van der Waals surface area contributed by atoms with Crippen LogP contribution in [0.2, 0.25) is 0 Å². The maximum atomic E-state index is 11.6. The van der Waals surface area contributed by atoms with E-state index in [0.717, 1.165) is 0 Å². The monoisotopic (exact) mass is 286 g/mol. The van der Waals surface area contributed by atoms with Crippen molar-refractivity contribution < 1.29 is 14.9 Å². The topological polar surface area (TPSA) is 105 Å². The average molecular weight is 286 g/mol. The lowest BCUT2D eigenvalue weighted by Gasteiger charge is -2.25. The zero-order chi connectivity index (χ0) is 15.2. The molecule has 0 amide bonds. The van der Waals surface area contributed by atoms with Gasteiger partial charge in [0.05, 0.1) is 12.2 Å². The van der Waals surface area contributed by atoms with Gasteiger partial charge in [0.1, 0.15) is 6.23 Å². The van der Waals surface area contributed by atoms with Gasteiger partial charge in [0.15, 0.2) is 0 Å². The summed E-state index contributed by atoms with van der Waals surface area (Å²) in [4.78, 5) is 24.7. The fraction of sp³-hybridized carbons (Fsp3) is 0.692. The van der Waals surface area contributed by atoms with E-state index >= 15 is 0 Å². The smallest absolute Gasteiger partial charge is 0.330 e. The standard InChI is InChI=1S/C11H16N2O4.C2H6O/c1-2-11(7-14)5-3-9(17-11)13-6-4-8(15)12-10(13)16;1-2-3/h4,6,9,14H,2-3,5,7H2,1H3,(H,12,15,16);3H,2H2,1H3. The van der Waals surface area contributed by atoms with Gasteiger partial charge in [-0.1, -0.05) is 6.92 Å². The van der Waals surface area contributed by atoms with Crippen molar-refractivity contribution in [3.63, 3.8) is 0 Å². The van der Waals surface area contributed by atoms with Crippen molar-refractivity contribution in [1.29, 1.82) is 0 Å². The molecular formula is C13H22N2O5. The van der Waals surface area contributed by atoms with E-state index in [4.69, 9.17) is 9.84 Å². The van der Waals surface area contributed by atoms with Crippen LogP contribution in [0.5, 0.6) is 0 Å². The minimum absolute atomic E-state index is 0.0574. The Morgan fingerprint density at radius 1 is 1.45 bits per heavy atom. The van der Waals surface area contributed by atoms with Gasteiger partial charge in [-0.05, 0) is 26.2 Å². The van der Waals surface area contributed by atoms with Gasteiger partial charge in [0, 0.05) is 18.9 Å². The number of aromatic amines is 1. The fourth-order valence-electron chi connectivity index (χ4n) is 2.13. The van der Waals surface area contributed by atoms with E-state index in [9.17, 15) is 14.7 Å². The van der Waals surface area contributed by atoms with E-state index in [1.807, 2.05) is 6.92 Å².